The Morgan fingerprint density at radius 3 is 1.79 bits per heavy atom. The molecule has 0 unspecified atom stereocenters. The van der Waals surface area contributed by atoms with Crippen LogP contribution in [-0.2, 0) is 26.9 Å². The average molecular weight is 374 g/mol. The molecule has 11 heteroatoms. The zero-order valence-corrected chi connectivity index (χ0v) is 15.7. The number of imidazole rings is 1. The zero-order valence-electron chi connectivity index (χ0n) is 14.7. The molecule has 1 rings (SSSR count). The standard InChI is InChI=1S/C13H27N2O3Si.BF4/c1-5-16-19(17-6-2,18-7-3)12-8-9-15-11-10-14(4)13-15;2-1(3,4)5/h10-11,13H,5-9,12H2,1-4H3;/q+1;-1. The van der Waals surface area contributed by atoms with Gasteiger partial charge in [0.15, 0.2) is 0 Å². The third kappa shape index (κ3) is 11.6. The molecule has 0 spiro atoms. The first-order valence-electron chi connectivity index (χ1n) is 7.96. The summed E-state index contributed by atoms with van der Waals surface area (Å²) in [4.78, 5) is 0. The Morgan fingerprint density at radius 2 is 1.46 bits per heavy atom. The monoisotopic (exact) mass is 374 g/mol. The van der Waals surface area contributed by atoms with E-state index in [1.165, 1.54) is 0 Å². The van der Waals surface area contributed by atoms with E-state index in [1.54, 1.807) is 0 Å². The molecular weight excluding hydrogens is 347 g/mol. The molecule has 0 radical (unpaired) electrons. The van der Waals surface area contributed by atoms with Crippen molar-refractivity contribution in [3.05, 3.63) is 18.7 Å². The highest BCUT2D eigenvalue weighted by atomic mass is 28.4. The molecule has 0 aliphatic carbocycles. The number of rotatable bonds is 10. The maximum absolute atomic E-state index is 9.75. The zero-order chi connectivity index (χ0) is 18.6. The summed E-state index contributed by atoms with van der Waals surface area (Å²) < 4.78 is 60.7. The van der Waals surface area contributed by atoms with E-state index in [0.717, 1.165) is 19.0 Å². The van der Waals surface area contributed by atoms with Crippen LogP contribution in [0.2, 0.25) is 6.04 Å². The van der Waals surface area contributed by atoms with Crippen molar-refractivity contribution in [3.8, 4) is 0 Å². The molecule has 24 heavy (non-hydrogen) atoms. The van der Waals surface area contributed by atoms with Gasteiger partial charge in [-0.15, -0.1) is 0 Å². The van der Waals surface area contributed by atoms with Crippen molar-refractivity contribution in [3.63, 3.8) is 0 Å². The topological polar surface area (TPSA) is 36.5 Å². The van der Waals surface area contributed by atoms with Gasteiger partial charge in [0, 0.05) is 25.9 Å². The lowest BCUT2D eigenvalue weighted by atomic mass is 10.3. The van der Waals surface area contributed by atoms with Gasteiger partial charge in [0.25, 0.3) is 0 Å². The minimum Gasteiger partial charge on any atom is -0.418 e. The Morgan fingerprint density at radius 1 is 1.00 bits per heavy atom. The lowest BCUT2D eigenvalue weighted by Crippen LogP contribution is -2.46. The van der Waals surface area contributed by atoms with Crippen molar-refractivity contribution < 1.29 is 35.1 Å². The van der Waals surface area contributed by atoms with E-state index in [1.807, 2.05) is 38.6 Å². The molecule has 0 saturated heterocycles. The Bertz CT molecular complexity index is 426. The number of hydrogen-bond donors (Lipinski definition) is 0. The molecule has 5 nitrogen and oxygen atoms in total. The van der Waals surface area contributed by atoms with E-state index in [4.69, 9.17) is 13.3 Å². The molecule has 1 heterocycles. The summed E-state index contributed by atoms with van der Waals surface area (Å²) >= 11 is 0. The van der Waals surface area contributed by atoms with Crippen LogP contribution in [0, 0.1) is 0 Å². The van der Waals surface area contributed by atoms with Crippen LogP contribution >= 0.6 is 0 Å². The summed E-state index contributed by atoms with van der Waals surface area (Å²) in [5.41, 5.74) is 0. The van der Waals surface area contributed by atoms with Crippen LogP contribution < -0.4 is 4.57 Å². The van der Waals surface area contributed by atoms with Crippen LogP contribution in [0.1, 0.15) is 27.2 Å². The van der Waals surface area contributed by atoms with Crippen LogP contribution in [0.25, 0.3) is 0 Å². The quantitative estimate of drug-likeness (QED) is 0.359. The number of hydrogen-bond acceptors (Lipinski definition) is 3. The predicted molar refractivity (Wildman–Crippen MR) is 85.9 cm³/mol. The summed E-state index contributed by atoms with van der Waals surface area (Å²) in [5, 5.41) is 0. The normalized spacial score (nSPS) is 12.0. The van der Waals surface area contributed by atoms with Gasteiger partial charge in [-0.1, -0.05) is 0 Å². The number of aromatic nitrogens is 2. The van der Waals surface area contributed by atoms with Crippen LogP contribution in [-0.4, -0.2) is 40.4 Å². The molecule has 0 N–H and O–H groups in total. The third-order valence-electron chi connectivity index (χ3n) is 2.82. The molecular formula is C13H27BF4N2O3Si. The van der Waals surface area contributed by atoms with Crippen molar-refractivity contribution >= 4 is 16.1 Å². The predicted octanol–water partition coefficient (Wildman–Crippen LogP) is 3.05. The first-order chi connectivity index (χ1) is 11.2. The van der Waals surface area contributed by atoms with Gasteiger partial charge in [0.05, 0.1) is 13.6 Å². The Labute approximate surface area is 142 Å². The first kappa shape index (κ1) is 23.1. The molecule has 142 valence electrons. The minimum atomic E-state index is -6.00. The van der Waals surface area contributed by atoms with Crippen molar-refractivity contribution in [1.82, 2.24) is 4.57 Å². The van der Waals surface area contributed by atoms with Gasteiger partial charge in [-0.05, 0) is 27.2 Å². The second kappa shape index (κ2) is 11.6. The van der Waals surface area contributed by atoms with Gasteiger partial charge >= 0.3 is 16.1 Å². The summed E-state index contributed by atoms with van der Waals surface area (Å²) in [5.74, 6) is 0. The Hall–Kier alpha value is -0.908. The Kier molecular flexibility index (Phi) is 11.2. The van der Waals surface area contributed by atoms with E-state index >= 15 is 0 Å². The van der Waals surface area contributed by atoms with Crippen molar-refractivity contribution in [1.29, 1.82) is 0 Å². The molecule has 0 aromatic carbocycles. The summed E-state index contributed by atoms with van der Waals surface area (Å²) in [7, 11) is -6.44. The second-order valence-corrected chi connectivity index (χ2v) is 7.63. The second-order valence-electron chi connectivity index (χ2n) is 4.90. The van der Waals surface area contributed by atoms with Crippen molar-refractivity contribution in [2.45, 2.75) is 39.8 Å². The minimum absolute atomic E-state index is 0.644. The number of nitrogens with zero attached hydrogens (tertiary/aromatic N) is 2. The number of halogens is 4. The lowest BCUT2D eigenvalue weighted by molar-refractivity contribution is -0.671. The smallest absolute Gasteiger partial charge is 0.418 e. The molecule has 0 amide bonds. The molecule has 1 aromatic rings. The lowest BCUT2D eigenvalue weighted by Gasteiger charge is -2.28. The average Bonchev–Trinajstić information content (AvgIpc) is 2.83. The number of aryl methyl sites for hydroxylation is 2. The first-order valence-corrected chi connectivity index (χ1v) is 9.89. The van der Waals surface area contributed by atoms with E-state index in [0.29, 0.717) is 19.8 Å². The van der Waals surface area contributed by atoms with E-state index in [9.17, 15) is 17.3 Å². The summed E-state index contributed by atoms with van der Waals surface area (Å²) in [6.45, 7) is 8.87. The SMILES string of the molecule is CCO[Si](CCCn1cc[n+](C)c1)(OCC)OCC.F[B-](F)(F)F. The molecule has 0 saturated carbocycles. The molecule has 0 fully saturated rings. The molecule has 1 aromatic heterocycles. The van der Waals surface area contributed by atoms with Crippen LogP contribution in [0.3, 0.4) is 0 Å². The van der Waals surface area contributed by atoms with E-state index < -0.39 is 16.1 Å². The fourth-order valence-electron chi connectivity index (χ4n) is 2.11. The van der Waals surface area contributed by atoms with Crippen LogP contribution in [0.4, 0.5) is 17.3 Å². The van der Waals surface area contributed by atoms with Gasteiger partial charge < -0.3 is 30.5 Å². The summed E-state index contributed by atoms with van der Waals surface area (Å²) in [6, 6.07) is 0.865. The van der Waals surface area contributed by atoms with Gasteiger partial charge in [-0.2, -0.15) is 0 Å². The fourth-order valence-corrected chi connectivity index (χ4v) is 4.71. The third-order valence-corrected chi connectivity index (χ3v) is 5.97. The Balaban J connectivity index is 0.000000922. The summed E-state index contributed by atoms with van der Waals surface area (Å²) in [6.07, 6.45) is 7.19. The molecule has 0 aliphatic rings. The van der Waals surface area contributed by atoms with Gasteiger partial charge in [-0.3, -0.25) is 0 Å². The van der Waals surface area contributed by atoms with Gasteiger partial charge in [-0.25, -0.2) is 9.13 Å². The van der Waals surface area contributed by atoms with Gasteiger partial charge in [0.1, 0.15) is 12.4 Å². The molecule has 0 atom stereocenters. The highest BCUT2D eigenvalue weighted by molar-refractivity contribution is 6.60. The van der Waals surface area contributed by atoms with Gasteiger partial charge in [0.2, 0.25) is 6.33 Å². The van der Waals surface area contributed by atoms with E-state index in [2.05, 4.69) is 17.1 Å². The van der Waals surface area contributed by atoms with Crippen LogP contribution in [0.5, 0.6) is 0 Å². The van der Waals surface area contributed by atoms with Crippen LogP contribution in [0.15, 0.2) is 18.7 Å². The highest BCUT2D eigenvalue weighted by Crippen LogP contribution is 2.18. The largest absolute Gasteiger partial charge is 0.673 e. The van der Waals surface area contributed by atoms with Crippen molar-refractivity contribution in [2.24, 2.45) is 7.05 Å². The maximum Gasteiger partial charge on any atom is 0.673 e. The van der Waals surface area contributed by atoms with E-state index in [-0.39, 0.29) is 0 Å². The fraction of sp³-hybridized carbons (Fsp3) is 0.769. The molecule has 0 aliphatic heterocycles. The van der Waals surface area contributed by atoms with Crippen molar-refractivity contribution in [2.75, 3.05) is 19.8 Å². The maximum atomic E-state index is 9.75. The molecule has 0 bridgehead atoms. The highest BCUT2D eigenvalue weighted by Gasteiger charge is 2.39.